The highest BCUT2D eigenvalue weighted by molar-refractivity contribution is 6.11. The van der Waals surface area contributed by atoms with Crippen LogP contribution >= 0.6 is 0 Å². The van der Waals surface area contributed by atoms with E-state index in [1.807, 2.05) is 25.1 Å². The molecule has 2 heterocycles. The minimum Gasteiger partial charge on any atom is -0.315 e. The molecular weight excluding hydrogens is 254 g/mol. The van der Waals surface area contributed by atoms with Crippen molar-refractivity contribution >= 4 is 23.2 Å². The molecule has 1 N–H and O–H groups in total. The van der Waals surface area contributed by atoms with E-state index >= 15 is 0 Å². The van der Waals surface area contributed by atoms with Gasteiger partial charge in [0.05, 0.1) is 11.6 Å². The van der Waals surface area contributed by atoms with Crippen molar-refractivity contribution in [2.45, 2.75) is 19.3 Å². The summed E-state index contributed by atoms with van der Waals surface area (Å²) in [4.78, 5) is 25.2. The number of carbonyl (C=O) groups excluding carboxylic acids is 2. The molecule has 1 saturated carbocycles. The second kappa shape index (κ2) is 3.69. The smallest absolute Gasteiger partial charge is 0.243 e. The van der Waals surface area contributed by atoms with E-state index in [0.717, 1.165) is 28.9 Å². The average molecular weight is 269 g/mol. The summed E-state index contributed by atoms with van der Waals surface area (Å²) in [5, 5.41) is 4.21. The number of nitrogens with zero attached hydrogens (tertiary/aromatic N) is 2. The summed E-state index contributed by atoms with van der Waals surface area (Å²) in [6.45, 7) is 1.93. The first kappa shape index (κ1) is 11.6. The normalized spacial score (nSPS) is 30.6. The Morgan fingerprint density at radius 3 is 2.90 bits per heavy atom. The Bertz CT molecular complexity index is 680. The Balaban J connectivity index is 1.76. The maximum Gasteiger partial charge on any atom is 0.243 e. The lowest BCUT2D eigenvalue weighted by Gasteiger charge is -2.14. The minimum atomic E-state index is -0.108. The number of anilines is 1. The van der Waals surface area contributed by atoms with Gasteiger partial charge in [0.15, 0.2) is 0 Å². The zero-order chi connectivity index (χ0) is 14.0. The SMILES string of the molecule is CC1C(=O)N(C)c2ccc(C3=NNC(=O)C4CC34)cc21. The zero-order valence-electron chi connectivity index (χ0n) is 11.4. The van der Waals surface area contributed by atoms with Crippen molar-refractivity contribution in [3.05, 3.63) is 29.3 Å². The second-order valence-corrected chi connectivity index (χ2v) is 5.81. The number of fused-ring (bicyclic) bond motifs is 2. The standard InChI is InChI=1S/C15H15N3O2/c1-7-9-5-8(3-4-12(9)18(2)15(7)20)13-10-6-11(10)14(19)17-16-13/h3-5,7,10-11H,6H2,1-2H3,(H,17,19). The third kappa shape index (κ3) is 1.40. The number of hydrazone groups is 1. The Morgan fingerprint density at radius 1 is 1.30 bits per heavy atom. The van der Waals surface area contributed by atoms with E-state index in [2.05, 4.69) is 10.5 Å². The molecule has 4 rings (SSSR count). The van der Waals surface area contributed by atoms with Crippen LogP contribution in [0.4, 0.5) is 5.69 Å². The lowest BCUT2D eigenvalue weighted by Crippen LogP contribution is -2.28. The third-order valence-corrected chi connectivity index (χ3v) is 4.62. The lowest BCUT2D eigenvalue weighted by molar-refractivity contribution is -0.122. The minimum absolute atomic E-state index is 0.0307. The van der Waals surface area contributed by atoms with Crippen LogP contribution in [0.3, 0.4) is 0 Å². The molecule has 3 atom stereocenters. The molecular formula is C15H15N3O2. The van der Waals surface area contributed by atoms with Gasteiger partial charge in [0.2, 0.25) is 11.8 Å². The molecule has 5 nitrogen and oxygen atoms in total. The van der Waals surface area contributed by atoms with Crippen LogP contribution < -0.4 is 10.3 Å². The van der Waals surface area contributed by atoms with Crippen LogP contribution in [-0.4, -0.2) is 24.6 Å². The summed E-state index contributed by atoms with van der Waals surface area (Å²) in [7, 11) is 1.81. The summed E-state index contributed by atoms with van der Waals surface area (Å²) in [6.07, 6.45) is 0.885. The number of likely N-dealkylation sites (N-methyl/N-ethyl adjacent to an activating group) is 1. The second-order valence-electron chi connectivity index (χ2n) is 5.81. The molecule has 102 valence electrons. The van der Waals surface area contributed by atoms with Gasteiger partial charge in [-0.2, -0.15) is 5.10 Å². The summed E-state index contributed by atoms with van der Waals surface area (Å²) in [5.74, 6) is 0.400. The van der Waals surface area contributed by atoms with E-state index in [9.17, 15) is 9.59 Å². The molecule has 1 aliphatic carbocycles. The number of hydrogen-bond donors (Lipinski definition) is 1. The molecule has 2 amide bonds. The van der Waals surface area contributed by atoms with Gasteiger partial charge >= 0.3 is 0 Å². The fourth-order valence-electron chi connectivity index (χ4n) is 3.26. The van der Waals surface area contributed by atoms with Crippen LogP contribution in [-0.2, 0) is 9.59 Å². The lowest BCUT2D eigenvalue weighted by atomic mass is 9.96. The maximum atomic E-state index is 12.0. The fourth-order valence-corrected chi connectivity index (χ4v) is 3.26. The molecule has 1 aromatic carbocycles. The van der Waals surface area contributed by atoms with Gasteiger partial charge in [0.25, 0.3) is 0 Å². The Morgan fingerprint density at radius 2 is 2.10 bits per heavy atom. The molecule has 0 radical (unpaired) electrons. The summed E-state index contributed by atoms with van der Waals surface area (Å²) >= 11 is 0. The highest BCUT2D eigenvalue weighted by Crippen LogP contribution is 2.44. The van der Waals surface area contributed by atoms with Crippen molar-refractivity contribution in [2.75, 3.05) is 11.9 Å². The van der Waals surface area contributed by atoms with Crippen molar-refractivity contribution < 1.29 is 9.59 Å². The molecule has 2 aliphatic heterocycles. The number of hydrogen-bond acceptors (Lipinski definition) is 3. The molecule has 0 spiro atoms. The molecule has 0 bridgehead atoms. The van der Waals surface area contributed by atoms with Crippen molar-refractivity contribution in [1.82, 2.24) is 5.43 Å². The van der Waals surface area contributed by atoms with E-state index < -0.39 is 0 Å². The van der Waals surface area contributed by atoms with E-state index in [-0.39, 0.29) is 29.6 Å². The van der Waals surface area contributed by atoms with Crippen molar-refractivity contribution in [1.29, 1.82) is 0 Å². The van der Waals surface area contributed by atoms with Crippen LogP contribution in [0.5, 0.6) is 0 Å². The molecule has 1 aromatic rings. The van der Waals surface area contributed by atoms with Gasteiger partial charge in [-0.1, -0.05) is 6.07 Å². The first-order valence-corrected chi connectivity index (χ1v) is 6.87. The highest BCUT2D eigenvalue weighted by atomic mass is 16.2. The van der Waals surface area contributed by atoms with Crippen molar-refractivity contribution in [3.63, 3.8) is 0 Å². The van der Waals surface area contributed by atoms with Gasteiger partial charge in [0.1, 0.15) is 0 Å². The molecule has 1 fully saturated rings. The van der Waals surface area contributed by atoms with Gasteiger partial charge in [0, 0.05) is 24.6 Å². The van der Waals surface area contributed by atoms with Gasteiger partial charge in [-0.05, 0) is 36.6 Å². The third-order valence-electron chi connectivity index (χ3n) is 4.62. The first-order chi connectivity index (χ1) is 9.58. The van der Waals surface area contributed by atoms with Gasteiger partial charge in [-0.3, -0.25) is 9.59 Å². The molecule has 3 unspecified atom stereocenters. The number of rotatable bonds is 1. The Labute approximate surface area is 116 Å². The molecule has 20 heavy (non-hydrogen) atoms. The van der Waals surface area contributed by atoms with Crippen LogP contribution in [0, 0.1) is 11.8 Å². The summed E-state index contributed by atoms with van der Waals surface area (Å²) in [6, 6.07) is 6.02. The summed E-state index contributed by atoms with van der Waals surface area (Å²) in [5.41, 5.74) is 6.58. The monoisotopic (exact) mass is 269 g/mol. The topological polar surface area (TPSA) is 61.8 Å². The summed E-state index contributed by atoms with van der Waals surface area (Å²) < 4.78 is 0. The Hall–Kier alpha value is -2.17. The fraction of sp³-hybridized carbons (Fsp3) is 0.400. The van der Waals surface area contributed by atoms with E-state index in [1.165, 1.54) is 0 Å². The van der Waals surface area contributed by atoms with Crippen LogP contribution in [0.15, 0.2) is 23.3 Å². The van der Waals surface area contributed by atoms with E-state index in [1.54, 1.807) is 11.9 Å². The Kier molecular flexibility index (Phi) is 2.14. The van der Waals surface area contributed by atoms with Gasteiger partial charge < -0.3 is 4.90 Å². The van der Waals surface area contributed by atoms with Crippen LogP contribution in [0.25, 0.3) is 0 Å². The predicted molar refractivity (Wildman–Crippen MR) is 74.5 cm³/mol. The first-order valence-electron chi connectivity index (χ1n) is 6.87. The van der Waals surface area contributed by atoms with Gasteiger partial charge in [-0.25, -0.2) is 5.43 Å². The number of nitrogens with one attached hydrogen (secondary N) is 1. The highest BCUT2D eigenvalue weighted by Gasteiger charge is 2.49. The number of benzene rings is 1. The largest absolute Gasteiger partial charge is 0.315 e. The quantitative estimate of drug-likeness (QED) is 0.833. The number of carbonyl (C=O) groups is 2. The van der Waals surface area contributed by atoms with Crippen LogP contribution in [0.2, 0.25) is 0 Å². The molecule has 0 aromatic heterocycles. The van der Waals surface area contributed by atoms with Crippen molar-refractivity contribution in [2.24, 2.45) is 16.9 Å². The van der Waals surface area contributed by atoms with Gasteiger partial charge in [-0.15, -0.1) is 0 Å². The van der Waals surface area contributed by atoms with E-state index in [4.69, 9.17) is 0 Å². The molecule has 3 aliphatic rings. The maximum absolute atomic E-state index is 12.0. The molecule has 5 heteroatoms. The number of amides is 2. The molecule has 0 saturated heterocycles. The average Bonchev–Trinajstić information content (AvgIpc) is 3.22. The van der Waals surface area contributed by atoms with Crippen LogP contribution in [0.1, 0.15) is 30.4 Å². The zero-order valence-corrected chi connectivity index (χ0v) is 11.4. The van der Waals surface area contributed by atoms with Crippen molar-refractivity contribution in [3.8, 4) is 0 Å². The van der Waals surface area contributed by atoms with E-state index in [0.29, 0.717) is 0 Å². The predicted octanol–water partition coefficient (Wildman–Crippen LogP) is 1.24.